The van der Waals surface area contributed by atoms with E-state index in [4.69, 9.17) is 5.26 Å². The molecule has 46 valence electrons. The van der Waals surface area contributed by atoms with Crippen LogP contribution < -0.4 is 0 Å². The van der Waals surface area contributed by atoms with E-state index in [1.165, 1.54) is 0 Å². The van der Waals surface area contributed by atoms with Crippen molar-refractivity contribution in [3.8, 4) is 6.07 Å². The van der Waals surface area contributed by atoms with Gasteiger partial charge in [0.1, 0.15) is 11.8 Å². The van der Waals surface area contributed by atoms with Crippen LogP contribution >= 0.6 is 0 Å². The van der Waals surface area contributed by atoms with Crippen LogP contribution in [0, 0.1) is 11.3 Å². The third-order valence-corrected chi connectivity index (χ3v) is 1.17. The Morgan fingerprint density at radius 1 is 1.89 bits per heavy atom. The van der Waals surface area contributed by atoms with Gasteiger partial charge < -0.3 is 4.57 Å². The quantitative estimate of drug-likeness (QED) is 0.550. The van der Waals surface area contributed by atoms with Crippen molar-refractivity contribution >= 4 is 0 Å². The summed E-state index contributed by atoms with van der Waals surface area (Å²) in [5, 5.41) is 8.43. The number of rotatable bonds is 1. The molecule has 1 aromatic rings. The number of hydrogen-bond donors (Lipinski definition) is 0. The lowest BCUT2D eigenvalue weighted by molar-refractivity contribution is 0.751. The number of aromatic nitrogens is 2. The van der Waals surface area contributed by atoms with Crippen LogP contribution in [0.2, 0.25) is 0 Å². The first-order chi connectivity index (χ1) is 4.38. The van der Waals surface area contributed by atoms with E-state index in [1.807, 2.05) is 13.0 Å². The number of aryl methyl sites for hydroxylation is 1. The number of imidazole rings is 1. The van der Waals surface area contributed by atoms with E-state index in [1.54, 1.807) is 17.1 Å². The van der Waals surface area contributed by atoms with Crippen LogP contribution in [0.5, 0.6) is 0 Å². The lowest BCUT2D eigenvalue weighted by atomic mass is 10.5. The van der Waals surface area contributed by atoms with Crippen LogP contribution in [0.1, 0.15) is 12.6 Å². The fraction of sp³-hybridized carbons (Fsp3) is 0.333. The van der Waals surface area contributed by atoms with E-state index in [9.17, 15) is 0 Å². The summed E-state index contributed by atoms with van der Waals surface area (Å²) >= 11 is 0. The summed E-state index contributed by atoms with van der Waals surface area (Å²) in [7, 11) is 0. The molecule has 0 bridgehead atoms. The first-order valence-corrected chi connectivity index (χ1v) is 2.78. The standard InChI is InChI=1S/C6H7N3/c1-2-9-5-8-4-6(9)3-7/h4-5H,2H2,1H3. The Balaban J connectivity index is 3.02. The molecular formula is C6H7N3. The molecular weight excluding hydrogens is 114 g/mol. The molecule has 0 fully saturated rings. The van der Waals surface area contributed by atoms with Crippen LogP contribution in [0.15, 0.2) is 12.5 Å². The Hall–Kier alpha value is -1.30. The summed E-state index contributed by atoms with van der Waals surface area (Å²) in [4.78, 5) is 3.80. The van der Waals surface area contributed by atoms with Crippen LogP contribution in [-0.2, 0) is 6.54 Å². The highest BCUT2D eigenvalue weighted by atomic mass is 15.0. The van der Waals surface area contributed by atoms with E-state index in [-0.39, 0.29) is 0 Å². The van der Waals surface area contributed by atoms with Gasteiger partial charge in [0.15, 0.2) is 0 Å². The predicted octanol–water partition coefficient (Wildman–Crippen LogP) is 0.775. The molecule has 1 rings (SSSR count). The molecule has 3 heteroatoms. The monoisotopic (exact) mass is 121 g/mol. The van der Waals surface area contributed by atoms with Crippen molar-refractivity contribution < 1.29 is 0 Å². The maximum Gasteiger partial charge on any atom is 0.139 e. The maximum atomic E-state index is 8.43. The number of nitriles is 1. The minimum Gasteiger partial charge on any atom is -0.323 e. The second kappa shape index (κ2) is 2.31. The molecule has 0 unspecified atom stereocenters. The minimum atomic E-state index is 0.623. The highest BCUT2D eigenvalue weighted by molar-refractivity contribution is 5.16. The first-order valence-electron chi connectivity index (χ1n) is 2.78. The molecule has 1 heterocycles. The summed E-state index contributed by atoms with van der Waals surface area (Å²) < 4.78 is 1.79. The molecule has 1 aromatic heterocycles. The molecule has 0 saturated carbocycles. The van der Waals surface area contributed by atoms with Gasteiger partial charge >= 0.3 is 0 Å². The molecule has 0 spiro atoms. The van der Waals surface area contributed by atoms with Gasteiger partial charge in [0.25, 0.3) is 0 Å². The lowest BCUT2D eigenvalue weighted by Crippen LogP contribution is -1.93. The molecule has 0 radical (unpaired) electrons. The van der Waals surface area contributed by atoms with E-state index in [0.717, 1.165) is 6.54 Å². The minimum absolute atomic E-state index is 0.623. The molecule has 0 aromatic carbocycles. The van der Waals surface area contributed by atoms with Crippen molar-refractivity contribution in [2.24, 2.45) is 0 Å². The van der Waals surface area contributed by atoms with Crippen molar-refractivity contribution in [2.75, 3.05) is 0 Å². The van der Waals surface area contributed by atoms with Gasteiger partial charge in [-0.2, -0.15) is 5.26 Å². The highest BCUT2D eigenvalue weighted by Gasteiger charge is 1.94. The van der Waals surface area contributed by atoms with Crippen molar-refractivity contribution in [1.82, 2.24) is 9.55 Å². The Labute approximate surface area is 53.6 Å². The maximum absolute atomic E-state index is 8.43. The Morgan fingerprint density at radius 3 is 3.11 bits per heavy atom. The van der Waals surface area contributed by atoms with E-state index in [2.05, 4.69) is 4.98 Å². The highest BCUT2D eigenvalue weighted by Crippen LogP contribution is 1.94. The van der Waals surface area contributed by atoms with E-state index < -0.39 is 0 Å². The Kier molecular flexibility index (Phi) is 1.50. The number of hydrogen-bond acceptors (Lipinski definition) is 2. The topological polar surface area (TPSA) is 41.6 Å². The van der Waals surface area contributed by atoms with Crippen LogP contribution in [0.4, 0.5) is 0 Å². The average Bonchev–Trinajstić information content (AvgIpc) is 2.33. The Morgan fingerprint density at radius 2 is 2.67 bits per heavy atom. The molecule has 0 saturated heterocycles. The van der Waals surface area contributed by atoms with Crippen molar-refractivity contribution in [3.63, 3.8) is 0 Å². The molecule has 9 heavy (non-hydrogen) atoms. The second-order valence-corrected chi connectivity index (χ2v) is 1.68. The summed E-state index contributed by atoms with van der Waals surface area (Å²) in [6, 6.07) is 2.03. The van der Waals surface area contributed by atoms with Gasteiger partial charge in [0.2, 0.25) is 0 Å². The van der Waals surface area contributed by atoms with Crippen LogP contribution in [0.25, 0.3) is 0 Å². The van der Waals surface area contributed by atoms with Crippen molar-refractivity contribution in [1.29, 1.82) is 5.26 Å². The molecule has 0 atom stereocenters. The molecule has 3 nitrogen and oxygen atoms in total. The third kappa shape index (κ3) is 0.918. The average molecular weight is 121 g/mol. The predicted molar refractivity (Wildman–Crippen MR) is 32.6 cm³/mol. The van der Waals surface area contributed by atoms with Gasteiger partial charge in [-0.1, -0.05) is 0 Å². The van der Waals surface area contributed by atoms with Crippen molar-refractivity contribution in [2.45, 2.75) is 13.5 Å². The SMILES string of the molecule is CCn1cncc1C#N. The fourth-order valence-corrected chi connectivity index (χ4v) is 0.666. The van der Waals surface area contributed by atoms with Crippen molar-refractivity contribution in [3.05, 3.63) is 18.2 Å². The molecule has 0 aliphatic carbocycles. The zero-order valence-electron chi connectivity index (χ0n) is 5.20. The smallest absolute Gasteiger partial charge is 0.139 e. The van der Waals surface area contributed by atoms with E-state index >= 15 is 0 Å². The summed E-state index contributed by atoms with van der Waals surface area (Å²) in [6.07, 6.45) is 3.21. The van der Waals surface area contributed by atoms with Crippen LogP contribution in [0.3, 0.4) is 0 Å². The number of nitrogens with zero attached hydrogens (tertiary/aromatic N) is 3. The largest absolute Gasteiger partial charge is 0.323 e. The van der Waals surface area contributed by atoms with Crippen LogP contribution in [-0.4, -0.2) is 9.55 Å². The Bertz CT molecular complexity index is 231. The fourth-order valence-electron chi connectivity index (χ4n) is 0.666. The molecule has 0 aliphatic heterocycles. The van der Waals surface area contributed by atoms with Gasteiger partial charge in [-0.25, -0.2) is 4.98 Å². The summed E-state index contributed by atoms with van der Waals surface area (Å²) in [5.41, 5.74) is 0.623. The second-order valence-electron chi connectivity index (χ2n) is 1.68. The van der Waals surface area contributed by atoms with E-state index in [0.29, 0.717) is 5.69 Å². The normalized spacial score (nSPS) is 8.89. The zero-order chi connectivity index (χ0) is 6.69. The molecule has 0 N–H and O–H groups in total. The third-order valence-electron chi connectivity index (χ3n) is 1.17. The zero-order valence-corrected chi connectivity index (χ0v) is 5.20. The lowest BCUT2D eigenvalue weighted by Gasteiger charge is -1.93. The first kappa shape index (κ1) is 5.83. The van der Waals surface area contributed by atoms with Gasteiger partial charge in [-0.05, 0) is 6.92 Å². The summed E-state index contributed by atoms with van der Waals surface area (Å²) in [6.45, 7) is 2.78. The van der Waals surface area contributed by atoms with Gasteiger partial charge in [-0.3, -0.25) is 0 Å². The van der Waals surface area contributed by atoms with Gasteiger partial charge in [-0.15, -0.1) is 0 Å². The van der Waals surface area contributed by atoms with Gasteiger partial charge in [0, 0.05) is 6.54 Å². The molecule has 0 aliphatic rings. The van der Waals surface area contributed by atoms with Gasteiger partial charge in [0.05, 0.1) is 12.5 Å². The summed E-state index contributed by atoms with van der Waals surface area (Å²) in [5.74, 6) is 0. The molecule has 0 amide bonds.